The Kier molecular flexibility index (Phi) is 3.38. The molecule has 18 heavy (non-hydrogen) atoms. The second-order valence-electron chi connectivity index (χ2n) is 4.48. The number of hydrogen-bond acceptors (Lipinski definition) is 3. The number of carbonyl (C=O) groups excluding carboxylic acids is 1. The number of carbonyl (C=O) groups is 1. The lowest BCUT2D eigenvalue weighted by Gasteiger charge is -2.23. The summed E-state index contributed by atoms with van der Waals surface area (Å²) in [4.78, 5) is 13.4. The molecule has 1 aliphatic heterocycles. The highest BCUT2D eigenvalue weighted by molar-refractivity contribution is 7.91. The van der Waals surface area contributed by atoms with Crippen LogP contribution in [-0.2, 0) is 9.84 Å². The standard InChI is InChI=1S/C12H14FNO3S/c1-14(11-5-6-18(16,17)8-11)12(15)9-3-2-4-10(13)7-9/h2-4,7,11H,5-6,8H2,1H3/t11-/m0/s1. The first-order valence-electron chi connectivity index (χ1n) is 5.62. The molecule has 0 aliphatic carbocycles. The van der Waals surface area contributed by atoms with E-state index in [1.54, 1.807) is 7.05 Å². The second kappa shape index (κ2) is 4.68. The first-order chi connectivity index (χ1) is 8.39. The van der Waals surface area contributed by atoms with E-state index in [0.717, 1.165) is 6.07 Å². The average Bonchev–Trinajstić information content (AvgIpc) is 2.68. The molecule has 1 saturated heterocycles. The zero-order chi connectivity index (χ0) is 13.3. The molecular formula is C12H14FNO3S. The monoisotopic (exact) mass is 271 g/mol. The van der Waals surface area contributed by atoms with Crippen molar-refractivity contribution < 1.29 is 17.6 Å². The lowest BCUT2D eigenvalue weighted by Crippen LogP contribution is -2.37. The highest BCUT2D eigenvalue weighted by Gasteiger charge is 2.33. The van der Waals surface area contributed by atoms with Gasteiger partial charge in [0.05, 0.1) is 11.5 Å². The molecule has 1 heterocycles. The molecular weight excluding hydrogens is 257 g/mol. The van der Waals surface area contributed by atoms with E-state index in [4.69, 9.17) is 0 Å². The van der Waals surface area contributed by atoms with Crippen LogP contribution in [0, 0.1) is 5.82 Å². The Morgan fingerprint density at radius 1 is 1.44 bits per heavy atom. The second-order valence-corrected chi connectivity index (χ2v) is 6.71. The maximum Gasteiger partial charge on any atom is 0.253 e. The van der Waals surface area contributed by atoms with Crippen LogP contribution < -0.4 is 0 Å². The van der Waals surface area contributed by atoms with Gasteiger partial charge < -0.3 is 4.90 Å². The van der Waals surface area contributed by atoms with E-state index in [0.29, 0.717) is 6.42 Å². The number of halogens is 1. The van der Waals surface area contributed by atoms with E-state index in [9.17, 15) is 17.6 Å². The van der Waals surface area contributed by atoms with E-state index >= 15 is 0 Å². The van der Waals surface area contributed by atoms with Crippen molar-refractivity contribution in [1.82, 2.24) is 4.90 Å². The molecule has 1 aliphatic rings. The Morgan fingerprint density at radius 2 is 2.17 bits per heavy atom. The van der Waals surface area contributed by atoms with Gasteiger partial charge >= 0.3 is 0 Å². The SMILES string of the molecule is CN(C(=O)c1cccc(F)c1)[C@H]1CCS(=O)(=O)C1. The topological polar surface area (TPSA) is 54.5 Å². The molecule has 1 aromatic rings. The van der Waals surface area contributed by atoms with Crippen LogP contribution in [-0.4, -0.2) is 43.8 Å². The zero-order valence-corrected chi connectivity index (χ0v) is 10.8. The molecule has 4 nitrogen and oxygen atoms in total. The minimum Gasteiger partial charge on any atom is -0.338 e. The fourth-order valence-electron chi connectivity index (χ4n) is 2.07. The van der Waals surface area contributed by atoms with Crippen LogP contribution in [0.5, 0.6) is 0 Å². The Hall–Kier alpha value is -1.43. The van der Waals surface area contributed by atoms with Crippen LogP contribution in [0.4, 0.5) is 4.39 Å². The minimum absolute atomic E-state index is 0.00937. The van der Waals surface area contributed by atoms with Crippen molar-refractivity contribution in [2.75, 3.05) is 18.6 Å². The molecule has 0 N–H and O–H groups in total. The summed E-state index contributed by atoms with van der Waals surface area (Å²) < 4.78 is 35.7. The van der Waals surface area contributed by atoms with Gasteiger partial charge in [0.1, 0.15) is 5.82 Å². The third-order valence-corrected chi connectivity index (χ3v) is 4.90. The van der Waals surface area contributed by atoms with Crippen LogP contribution in [0.3, 0.4) is 0 Å². The smallest absolute Gasteiger partial charge is 0.253 e. The predicted octanol–water partition coefficient (Wildman–Crippen LogP) is 1.08. The van der Waals surface area contributed by atoms with Gasteiger partial charge in [0.2, 0.25) is 0 Å². The highest BCUT2D eigenvalue weighted by Crippen LogP contribution is 2.18. The van der Waals surface area contributed by atoms with Gasteiger partial charge in [0.25, 0.3) is 5.91 Å². The van der Waals surface area contributed by atoms with Crippen molar-refractivity contribution in [2.24, 2.45) is 0 Å². The van der Waals surface area contributed by atoms with Gasteiger partial charge in [-0.15, -0.1) is 0 Å². The first kappa shape index (κ1) is 13.0. The molecule has 0 aromatic heterocycles. The van der Waals surface area contributed by atoms with Gasteiger partial charge in [-0.05, 0) is 24.6 Å². The predicted molar refractivity (Wildman–Crippen MR) is 65.6 cm³/mol. The van der Waals surface area contributed by atoms with E-state index in [2.05, 4.69) is 0 Å². The number of rotatable bonds is 2. The molecule has 6 heteroatoms. The highest BCUT2D eigenvalue weighted by atomic mass is 32.2. The van der Waals surface area contributed by atoms with Crippen LogP contribution >= 0.6 is 0 Å². The third-order valence-electron chi connectivity index (χ3n) is 3.15. The van der Waals surface area contributed by atoms with E-state index < -0.39 is 15.7 Å². The van der Waals surface area contributed by atoms with Gasteiger partial charge in [-0.3, -0.25) is 4.79 Å². The van der Waals surface area contributed by atoms with Crippen molar-refractivity contribution in [3.05, 3.63) is 35.6 Å². The number of sulfone groups is 1. The van der Waals surface area contributed by atoms with Crippen molar-refractivity contribution in [2.45, 2.75) is 12.5 Å². The molecule has 0 spiro atoms. The summed E-state index contributed by atoms with van der Waals surface area (Å²) in [6.45, 7) is 0. The lowest BCUT2D eigenvalue weighted by atomic mass is 10.1. The molecule has 0 radical (unpaired) electrons. The normalized spacial score (nSPS) is 21.8. The molecule has 1 aromatic carbocycles. The Labute approximate surface area is 105 Å². The van der Waals surface area contributed by atoms with Gasteiger partial charge in [-0.25, -0.2) is 12.8 Å². The maximum absolute atomic E-state index is 13.0. The van der Waals surface area contributed by atoms with Crippen molar-refractivity contribution in [3.63, 3.8) is 0 Å². The van der Waals surface area contributed by atoms with Crippen molar-refractivity contribution in [3.8, 4) is 0 Å². The van der Waals surface area contributed by atoms with Gasteiger partial charge in [0, 0.05) is 18.7 Å². The lowest BCUT2D eigenvalue weighted by molar-refractivity contribution is 0.0747. The van der Waals surface area contributed by atoms with Gasteiger partial charge in [-0.2, -0.15) is 0 Å². The maximum atomic E-state index is 13.0. The molecule has 1 fully saturated rings. The zero-order valence-electron chi connectivity index (χ0n) is 9.97. The number of hydrogen-bond donors (Lipinski definition) is 0. The molecule has 2 rings (SSSR count). The first-order valence-corrected chi connectivity index (χ1v) is 7.44. The summed E-state index contributed by atoms with van der Waals surface area (Å²) in [6, 6.07) is 5.08. The fraction of sp³-hybridized carbons (Fsp3) is 0.417. The Morgan fingerprint density at radius 3 is 2.72 bits per heavy atom. The number of amides is 1. The Balaban J connectivity index is 2.15. The molecule has 98 valence electrons. The summed E-state index contributed by atoms with van der Waals surface area (Å²) >= 11 is 0. The average molecular weight is 271 g/mol. The molecule has 0 bridgehead atoms. The van der Waals surface area contributed by atoms with Gasteiger partial charge in [-0.1, -0.05) is 6.07 Å². The van der Waals surface area contributed by atoms with Crippen LogP contribution in [0.15, 0.2) is 24.3 Å². The van der Waals surface area contributed by atoms with E-state index in [1.807, 2.05) is 0 Å². The molecule has 1 atom stereocenters. The minimum atomic E-state index is -3.03. The largest absolute Gasteiger partial charge is 0.338 e. The number of nitrogens with zero attached hydrogens (tertiary/aromatic N) is 1. The summed E-state index contributed by atoms with van der Waals surface area (Å²) in [5.74, 6) is -0.729. The van der Waals surface area contributed by atoms with Crippen LogP contribution in [0.2, 0.25) is 0 Å². The molecule has 0 saturated carbocycles. The van der Waals surface area contributed by atoms with Crippen LogP contribution in [0.1, 0.15) is 16.8 Å². The molecule has 1 amide bonds. The van der Waals surface area contributed by atoms with Crippen molar-refractivity contribution >= 4 is 15.7 Å². The Bertz CT molecular complexity index is 570. The van der Waals surface area contributed by atoms with E-state index in [-0.39, 0.29) is 29.0 Å². The quantitative estimate of drug-likeness (QED) is 0.809. The fourth-order valence-corrected chi connectivity index (χ4v) is 3.85. The summed E-state index contributed by atoms with van der Waals surface area (Å²) in [5.41, 5.74) is 0.238. The number of benzene rings is 1. The molecule has 0 unspecified atom stereocenters. The summed E-state index contributed by atoms with van der Waals surface area (Å²) in [7, 11) is -1.48. The van der Waals surface area contributed by atoms with E-state index in [1.165, 1.54) is 23.1 Å². The van der Waals surface area contributed by atoms with Gasteiger partial charge in [0.15, 0.2) is 9.84 Å². The summed E-state index contributed by atoms with van der Waals surface area (Å²) in [5, 5.41) is 0. The summed E-state index contributed by atoms with van der Waals surface area (Å²) in [6.07, 6.45) is 0.444. The van der Waals surface area contributed by atoms with Crippen molar-refractivity contribution in [1.29, 1.82) is 0 Å². The third kappa shape index (κ3) is 2.69. The van der Waals surface area contributed by atoms with Crippen LogP contribution in [0.25, 0.3) is 0 Å².